The molecular weight excluding hydrogens is 250 g/mol. The Bertz CT molecular complexity index is 353. The van der Waals surface area contributed by atoms with Gasteiger partial charge in [-0.1, -0.05) is 31.2 Å². The van der Waals surface area contributed by atoms with Gasteiger partial charge in [0, 0.05) is 23.8 Å². The molecule has 1 aliphatic carbocycles. The van der Waals surface area contributed by atoms with Gasteiger partial charge in [-0.2, -0.15) is 11.8 Å². The zero-order chi connectivity index (χ0) is 13.5. The van der Waals surface area contributed by atoms with Gasteiger partial charge in [-0.3, -0.25) is 4.79 Å². The summed E-state index contributed by atoms with van der Waals surface area (Å²) in [6.45, 7) is 3.50. The summed E-state index contributed by atoms with van der Waals surface area (Å²) in [4.78, 5) is 22.5. The van der Waals surface area contributed by atoms with Crippen LogP contribution in [0.1, 0.15) is 13.8 Å². The number of methoxy groups -OCH3 is 1. The van der Waals surface area contributed by atoms with E-state index in [1.807, 2.05) is 12.2 Å². The van der Waals surface area contributed by atoms with Gasteiger partial charge in [0.25, 0.3) is 0 Å². The summed E-state index contributed by atoms with van der Waals surface area (Å²) in [5.74, 6) is 0.290. The van der Waals surface area contributed by atoms with Crippen LogP contribution in [-0.4, -0.2) is 36.0 Å². The van der Waals surface area contributed by atoms with Crippen LogP contribution in [-0.2, 0) is 14.3 Å². The van der Waals surface area contributed by atoms with Crippen molar-refractivity contribution in [3.63, 3.8) is 0 Å². The van der Waals surface area contributed by atoms with E-state index in [1.165, 1.54) is 14.0 Å². The van der Waals surface area contributed by atoms with Crippen molar-refractivity contribution in [2.45, 2.75) is 25.1 Å². The molecule has 1 amide bonds. The van der Waals surface area contributed by atoms with E-state index in [9.17, 15) is 9.59 Å². The van der Waals surface area contributed by atoms with E-state index in [-0.39, 0.29) is 5.91 Å². The highest BCUT2D eigenvalue weighted by atomic mass is 32.2. The van der Waals surface area contributed by atoms with Gasteiger partial charge in [0.15, 0.2) is 0 Å². The summed E-state index contributed by atoms with van der Waals surface area (Å²) >= 11 is 1.65. The van der Waals surface area contributed by atoms with E-state index in [1.54, 1.807) is 11.8 Å². The molecule has 0 heterocycles. The Hall–Kier alpha value is -1.23. The molecule has 0 saturated heterocycles. The zero-order valence-electron chi connectivity index (χ0n) is 10.9. The lowest BCUT2D eigenvalue weighted by atomic mass is 10.1. The number of ether oxygens (including phenoxy) is 1. The topological polar surface area (TPSA) is 55.4 Å². The average Bonchev–Trinajstić information content (AvgIpc) is 2.86. The fourth-order valence-corrected chi connectivity index (χ4v) is 2.80. The third-order valence-electron chi connectivity index (χ3n) is 2.71. The lowest BCUT2D eigenvalue weighted by molar-refractivity contribution is -0.144. The second-order valence-corrected chi connectivity index (χ2v) is 5.57. The number of nitrogens with one attached hydrogen (secondary N) is 1. The van der Waals surface area contributed by atoms with Crippen LogP contribution >= 0.6 is 11.8 Å². The maximum absolute atomic E-state index is 11.5. The highest BCUT2D eigenvalue weighted by Crippen LogP contribution is 2.25. The average molecular weight is 269 g/mol. The molecule has 1 N–H and O–H groups in total. The summed E-state index contributed by atoms with van der Waals surface area (Å²) in [5, 5.41) is 2.97. The number of rotatable bonds is 6. The summed E-state index contributed by atoms with van der Waals surface area (Å²) in [7, 11) is 1.33. The Kier molecular flexibility index (Phi) is 5.98. The second kappa shape index (κ2) is 7.26. The van der Waals surface area contributed by atoms with Crippen LogP contribution < -0.4 is 5.32 Å². The van der Waals surface area contributed by atoms with Crippen molar-refractivity contribution in [1.29, 1.82) is 0 Å². The van der Waals surface area contributed by atoms with Gasteiger partial charge in [-0.05, 0) is 0 Å². The van der Waals surface area contributed by atoms with E-state index in [0.717, 1.165) is 0 Å². The van der Waals surface area contributed by atoms with Gasteiger partial charge in [0.2, 0.25) is 5.91 Å². The third kappa shape index (κ3) is 4.56. The maximum Gasteiger partial charge on any atom is 0.329 e. The minimum atomic E-state index is -0.575. The Balaban J connectivity index is 2.45. The minimum absolute atomic E-state index is 0.223. The fourth-order valence-electron chi connectivity index (χ4n) is 1.68. The molecule has 0 aromatic carbocycles. The molecule has 0 bridgehead atoms. The first kappa shape index (κ1) is 14.8. The lowest BCUT2D eigenvalue weighted by Gasteiger charge is -2.20. The fraction of sp³-hybridized carbons (Fsp3) is 0.538. The molecule has 1 rings (SSSR count). The van der Waals surface area contributed by atoms with Crippen LogP contribution in [0, 0.1) is 5.92 Å². The van der Waals surface area contributed by atoms with Crippen LogP contribution in [0.2, 0.25) is 0 Å². The number of allylic oxidation sites excluding steroid dienone is 4. The van der Waals surface area contributed by atoms with Gasteiger partial charge in [-0.25, -0.2) is 4.79 Å². The van der Waals surface area contributed by atoms with Crippen LogP contribution in [0.25, 0.3) is 0 Å². The first-order chi connectivity index (χ1) is 8.54. The highest BCUT2D eigenvalue weighted by Gasteiger charge is 2.23. The standard InChI is InChI=1S/C13H19NO3S/c1-9(11-6-4-5-7-11)18-8-12(13(16)17-3)14-10(2)15/h4-7,9,11-12H,8H2,1-3H3,(H,14,15)/t9?,12-/m0/s1. The number of hydrogen-bond donors (Lipinski definition) is 1. The SMILES string of the molecule is COC(=O)[C@H](CSC(C)C1C=CC=C1)NC(C)=O. The van der Waals surface area contributed by atoms with Gasteiger partial charge in [0.05, 0.1) is 7.11 Å². The van der Waals surface area contributed by atoms with E-state index in [4.69, 9.17) is 0 Å². The monoisotopic (exact) mass is 269 g/mol. The lowest BCUT2D eigenvalue weighted by Crippen LogP contribution is -2.42. The maximum atomic E-state index is 11.5. The first-order valence-corrected chi connectivity index (χ1v) is 6.91. The molecule has 0 spiro atoms. The van der Waals surface area contributed by atoms with Crippen molar-refractivity contribution in [3.05, 3.63) is 24.3 Å². The van der Waals surface area contributed by atoms with Crippen molar-refractivity contribution in [3.8, 4) is 0 Å². The molecule has 100 valence electrons. The first-order valence-electron chi connectivity index (χ1n) is 5.86. The number of hydrogen-bond acceptors (Lipinski definition) is 4. The van der Waals surface area contributed by atoms with E-state index in [0.29, 0.717) is 16.9 Å². The van der Waals surface area contributed by atoms with Crippen molar-refractivity contribution in [2.75, 3.05) is 12.9 Å². The number of carbonyl (C=O) groups is 2. The van der Waals surface area contributed by atoms with Crippen LogP contribution in [0.3, 0.4) is 0 Å². The molecule has 1 aliphatic rings. The van der Waals surface area contributed by atoms with Crippen LogP contribution in [0.5, 0.6) is 0 Å². The molecule has 0 fully saturated rings. The molecule has 5 heteroatoms. The van der Waals surface area contributed by atoms with Crippen molar-refractivity contribution < 1.29 is 14.3 Å². The minimum Gasteiger partial charge on any atom is -0.467 e. The number of thioether (sulfide) groups is 1. The molecule has 0 saturated carbocycles. The summed E-state index contributed by atoms with van der Waals surface area (Å²) in [5.41, 5.74) is 0. The number of amides is 1. The highest BCUT2D eigenvalue weighted by molar-refractivity contribution is 8.00. The van der Waals surface area contributed by atoms with E-state index < -0.39 is 12.0 Å². The molecular formula is C13H19NO3S. The predicted molar refractivity (Wildman–Crippen MR) is 73.3 cm³/mol. The predicted octanol–water partition coefficient (Wildman–Crippen LogP) is 1.53. The van der Waals surface area contributed by atoms with E-state index >= 15 is 0 Å². The normalized spacial score (nSPS) is 17.5. The Morgan fingerprint density at radius 3 is 2.50 bits per heavy atom. The van der Waals surface area contributed by atoms with Gasteiger partial charge in [-0.15, -0.1) is 0 Å². The molecule has 0 aromatic heterocycles. The smallest absolute Gasteiger partial charge is 0.329 e. The Labute approximate surface area is 112 Å². The Morgan fingerprint density at radius 1 is 1.39 bits per heavy atom. The van der Waals surface area contributed by atoms with Crippen molar-refractivity contribution in [1.82, 2.24) is 5.32 Å². The van der Waals surface area contributed by atoms with Gasteiger partial charge < -0.3 is 10.1 Å². The number of carbonyl (C=O) groups excluding carboxylic acids is 2. The molecule has 18 heavy (non-hydrogen) atoms. The molecule has 0 aliphatic heterocycles. The Morgan fingerprint density at radius 2 is 2.00 bits per heavy atom. The largest absolute Gasteiger partial charge is 0.467 e. The van der Waals surface area contributed by atoms with Crippen molar-refractivity contribution in [2.24, 2.45) is 5.92 Å². The third-order valence-corrected chi connectivity index (χ3v) is 4.07. The van der Waals surface area contributed by atoms with Gasteiger partial charge in [0.1, 0.15) is 6.04 Å². The molecule has 1 unspecified atom stereocenters. The molecule has 0 aromatic rings. The van der Waals surface area contributed by atoms with Gasteiger partial charge >= 0.3 is 5.97 Å². The van der Waals surface area contributed by atoms with E-state index in [2.05, 4.69) is 29.1 Å². The van der Waals surface area contributed by atoms with Crippen molar-refractivity contribution >= 4 is 23.6 Å². The van der Waals surface area contributed by atoms with Crippen LogP contribution in [0.15, 0.2) is 24.3 Å². The quantitative estimate of drug-likeness (QED) is 0.743. The zero-order valence-corrected chi connectivity index (χ0v) is 11.7. The summed E-state index contributed by atoms with van der Waals surface area (Å²) < 4.78 is 4.68. The summed E-state index contributed by atoms with van der Waals surface area (Å²) in [6, 6.07) is -0.575. The number of esters is 1. The van der Waals surface area contributed by atoms with Crippen LogP contribution in [0.4, 0.5) is 0 Å². The molecule has 2 atom stereocenters. The summed E-state index contributed by atoms with van der Waals surface area (Å²) in [6.07, 6.45) is 8.30. The molecule has 0 radical (unpaired) electrons. The molecule has 4 nitrogen and oxygen atoms in total. The second-order valence-electron chi connectivity index (χ2n) is 4.16.